The van der Waals surface area contributed by atoms with Crippen molar-refractivity contribution in [3.8, 4) is 0 Å². The Morgan fingerprint density at radius 3 is 0.982 bits per heavy atom. The van der Waals surface area contributed by atoms with Crippen LogP contribution in [0.4, 0.5) is 46.8 Å². The van der Waals surface area contributed by atoms with E-state index >= 15 is 0 Å². The third kappa shape index (κ3) is 16.3. The van der Waals surface area contributed by atoms with Gasteiger partial charge in [-0.05, 0) is 121 Å². The number of hydrogen-bond acceptors (Lipinski definition) is 7. The summed E-state index contributed by atoms with van der Waals surface area (Å²) in [6.07, 6.45) is 5.44. The summed E-state index contributed by atoms with van der Waals surface area (Å²) in [5, 5.41) is 22.0. The molecule has 56 heavy (non-hydrogen) atoms. The summed E-state index contributed by atoms with van der Waals surface area (Å²) in [6, 6.07) is 11.8. The molecule has 0 aliphatic rings. The van der Waals surface area contributed by atoms with Crippen LogP contribution in [0.25, 0.3) is 0 Å². The molecule has 3 aromatic heterocycles. The minimum Gasteiger partial charge on any atom is -0.478 e. The number of anilines is 2. The van der Waals surface area contributed by atoms with Gasteiger partial charge in [0.05, 0.1) is 25.4 Å². The smallest absolute Gasteiger partial charge is 0.337 e. The van der Waals surface area contributed by atoms with Gasteiger partial charge in [-0.1, -0.05) is 12.1 Å². The van der Waals surface area contributed by atoms with Crippen LogP contribution in [0.15, 0.2) is 67.3 Å². The maximum atomic E-state index is 12.6. The number of pyridine rings is 3. The van der Waals surface area contributed by atoms with Gasteiger partial charge in [0.2, 0.25) is 11.8 Å². The average molecular weight is 1240 g/mol. The molecule has 0 radical (unpaired) electrons. The zero-order valence-corrected chi connectivity index (χ0v) is 36.4. The lowest BCUT2D eigenvalue weighted by Crippen LogP contribution is -2.06. The number of carboxylic acid groups (broad SMARTS) is 2. The monoisotopic (exact) mass is 1240 g/mol. The van der Waals surface area contributed by atoms with Gasteiger partial charge in [0, 0.05) is 38.6 Å². The summed E-state index contributed by atoms with van der Waals surface area (Å²) in [7, 11) is 0. The average Bonchev–Trinajstić information content (AvgIpc) is 3.17. The Balaban J connectivity index is 0.000000351. The van der Waals surface area contributed by atoms with Crippen LogP contribution in [0, 0.1) is 60.8 Å². The zero-order chi connectivity index (χ0) is 42.9. The van der Waals surface area contributed by atoms with E-state index in [0.717, 1.165) is 18.5 Å². The first-order valence-corrected chi connectivity index (χ1v) is 18.6. The van der Waals surface area contributed by atoms with Crippen LogP contribution in [0.3, 0.4) is 0 Å². The summed E-state index contributed by atoms with van der Waals surface area (Å²) < 4.78 is 98.5. The van der Waals surface area contributed by atoms with Gasteiger partial charge in [-0.25, -0.2) is 54.7 Å². The fourth-order valence-electron chi connectivity index (χ4n) is 3.06. The van der Waals surface area contributed by atoms with Gasteiger partial charge in [0.25, 0.3) is 0 Å². The number of benzene rings is 2. The van der Waals surface area contributed by atoms with E-state index in [4.69, 9.17) is 10.2 Å². The van der Waals surface area contributed by atoms with Crippen LogP contribution in [0.5, 0.6) is 0 Å². The molecule has 0 atom stereocenters. The van der Waals surface area contributed by atoms with E-state index in [-0.39, 0.29) is 22.9 Å². The first-order chi connectivity index (χ1) is 26.1. The summed E-state index contributed by atoms with van der Waals surface area (Å²) in [6.45, 7) is 2.91. The third-order valence-corrected chi connectivity index (χ3v) is 9.27. The summed E-state index contributed by atoms with van der Waals surface area (Å²) in [5.41, 5.74) is -0.259. The second-order valence-corrected chi connectivity index (χ2v) is 13.9. The van der Waals surface area contributed by atoms with Crippen molar-refractivity contribution in [2.75, 3.05) is 10.6 Å². The van der Waals surface area contributed by atoms with Crippen LogP contribution < -0.4 is 10.6 Å². The lowest BCUT2D eigenvalue weighted by molar-refractivity contribution is -0.115. The van der Waals surface area contributed by atoms with Gasteiger partial charge in [0.15, 0.2) is 46.5 Å². The zero-order valence-electron chi connectivity index (χ0n) is 27.8. The highest BCUT2D eigenvalue weighted by atomic mass is 127. The molecule has 11 nitrogen and oxygen atoms in total. The molecule has 4 N–H and O–H groups in total. The van der Waals surface area contributed by atoms with Crippen molar-refractivity contribution in [1.29, 1.82) is 0 Å². The van der Waals surface area contributed by atoms with Crippen molar-refractivity contribution in [2.24, 2.45) is 0 Å². The molecule has 5 rings (SSSR count). The number of rotatable bonds is 4. The molecule has 0 aliphatic heterocycles. The van der Waals surface area contributed by atoms with E-state index < -0.39 is 72.8 Å². The number of nitrogens with zero attached hydrogens (tertiary/aromatic N) is 3. The van der Waals surface area contributed by atoms with Crippen molar-refractivity contribution < 1.29 is 64.5 Å². The van der Waals surface area contributed by atoms with Crippen LogP contribution in [0.1, 0.15) is 34.6 Å². The highest BCUT2D eigenvalue weighted by Gasteiger charge is 2.23. The number of carboxylic acids is 2. The SMILES string of the molecule is CC(=O)Nc1ccccn1.CC(=O)Nc1ccccn1.Fc1c(F)c(I)c(F)c(F)c1I.Fc1c(F)c(I)c(F)c(F)c1I.O=C(O)c1cncc(C(=O)O)c1. The lowest BCUT2D eigenvalue weighted by Gasteiger charge is -2.02. The van der Waals surface area contributed by atoms with Crippen molar-refractivity contribution in [2.45, 2.75) is 13.8 Å². The molecule has 0 saturated heterocycles. The molecule has 2 amide bonds. The van der Waals surface area contributed by atoms with E-state index in [1.165, 1.54) is 104 Å². The standard InChI is InChI=1S/2C7H8N2O.C7H5NO4.2C6F4I2/c2*1-6(10)9-7-4-2-3-5-8-7;9-6(10)4-1-5(7(11)12)3-8-2-4;2*7-1-2(8)6(12)4(10)3(9)5(1)11/h2*2-5H,1H3,(H,8,9,10);1-3H,(H,9,10)(H,11,12);;. The van der Waals surface area contributed by atoms with E-state index in [1.807, 2.05) is 12.1 Å². The van der Waals surface area contributed by atoms with E-state index in [0.29, 0.717) is 11.6 Å². The molecule has 0 bridgehead atoms. The molecule has 23 heteroatoms. The molecular formula is C33H21F8I4N5O6. The number of hydrogen-bond donors (Lipinski definition) is 4. The fraction of sp³-hybridized carbons (Fsp3) is 0.0606. The maximum absolute atomic E-state index is 12.6. The first-order valence-electron chi connectivity index (χ1n) is 14.2. The number of nitrogens with one attached hydrogen (secondary N) is 2. The van der Waals surface area contributed by atoms with Crippen LogP contribution >= 0.6 is 90.4 Å². The lowest BCUT2D eigenvalue weighted by atomic mass is 10.2. The molecule has 3 heterocycles. The number of carbonyl (C=O) groups is 4. The first kappa shape index (κ1) is 50.1. The topological polar surface area (TPSA) is 171 Å². The quantitative estimate of drug-likeness (QED) is 0.0593. The molecule has 2 aromatic carbocycles. The minimum atomic E-state index is -1.35. The molecule has 298 valence electrons. The summed E-state index contributed by atoms with van der Waals surface area (Å²) in [4.78, 5) is 52.8. The second kappa shape index (κ2) is 24.7. The van der Waals surface area contributed by atoms with Crippen molar-refractivity contribution in [1.82, 2.24) is 15.0 Å². The van der Waals surface area contributed by atoms with Gasteiger partial charge in [-0.15, -0.1) is 0 Å². The van der Waals surface area contributed by atoms with Gasteiger partial charge < -0.3 is 20.8 Å². The van der Waals surface area contributed by atoms with Crippen molar-refractivity contribution >= 4 is 126 Å². The van der Waals surface area contributed by atoms with E-state index in [9.17, 15) is 54.3 Å². The Labute approximate surface area is 365 Å². The maximum Gasteiger partial charge on any atom is 0.337 e. The van der Waals surface area contributed by atoms with Crippen LogP contribution in [0.2, 0.25) is 0 Å². The predicted octanol–water partition coefficient (Wildman–Crippen LogP) is 9.46. The number of halogens is 12. The molecule has 5 aromatic rings. The molecule has 0 spiro atoms. The summed E-state index contributed by atoms with van der Waals surface area (Å²) >= 11 is 4.81. The third-order valence-electron chi connectivity index (χ3n) is 5.48. The fourth-order valence-corrected chi connectivity index (χ4v) is 4.96. The van der Waals surface area contributed by atoms with E-state index in [2.05, 4.69) is 25.6 Å². The number of aromatic carboxylic acids is 2. The normalized spacial score (nSPS) is 9.68. The molecule has 0 aliphatic carbocycles. The van der Waals surface area contributed by atoms with Gasteiger partial charge in [0.1, 0.15) is 11.6 Å². The van der Waals surface area contributed by atoms with Gasteiger partial charge in [-0.2, -0.15) is 0 Å². The molecule has 0 unspecified atom stereocenters. The van der Waals surface area contributed by atoms with Crippen LogP contribution in [-0.4, -0.2) is 48.9 Å². The Kier molecular flexibility index (Phi) is 22.1. The summed E-state index contributed by atoms with van der Waals surface area (Å²) in [5.74, 6) is -12.2. The van der Waals surface area contributed by atoms with Gasteiger partial charge in [-0.3, -0.25) is 14.6 Å². The number of carbonyl (C=O) groups excluding carboxylic acids is 2. The number of amides is 2. The molecule has 0 saturated carbocycles. The van der Waals surface area contributed by atoms with Crippen molar-refractivity contribution in [3.05, 3.63) is 139 Å². The van der Waals surface area contributed by atoms with Gasteiger partial charge >= 0.3 is 11.9 Å². The largest absolute Gasteiger partial charge is 0.478 e. The Morgan fingerprint density at radius 2 is 0.786 bits per heavy atom. The minimum absolute atomic E-state index is 0.0984. The Bertz CT molecular complexity index is 1820. The van der Waals surface area contributed by atoms with Crippen LogP contribution in [-0.2, 0) is 9.59 Å². The van der Waals surface area contributed by atoms with Crippen molar-refractivity contribution in [3.63, 3.8) is 0 Å². The second-order valence-electron chi connectivity index (χ2n) is 9.63. The molecule has 0 fully saturated rings. The predicted molar refractivity (Wildman–Crippen MR) is 219 cm³/mol. The highest BCUT2D eigenvalue weighted by Crippen LogP contribution is 2.27. The Morgan fingerprint density at radius 1 is 0.518 bits per heavy atom. The Hall–Kier alpha value is -3.87. The molecular weight excluding hydrogens is 1220 g/mol. The van der Waals surface area contributed by atoms with E-state index in [1.54, 1.807) is 36.7 Å². The number of aromatic nitrogens is 3. The highest BCUT2D eigenvalue weighted by molar-refractivity contribution is 14.1.